The third-order valence-corrected chi connectivity index (χ3v) is 1.94. The molecule has 0 amide bonds. The van der Waals surface area contributed by atoms with E-state index in [4.69, 9.17) is 16.3 Å². The Morgan fingerprint density at radius 1 is 1.57 bits per heavy atom. The van der Waals surface area contributed by atoms with Gasteiger partial charge in [0.25, 0.3) is 0 Å². The lowest BCUT2D eigenvalue weighted by atomic mass is 10.1. The van der Waals surface area contributed by atoms with Gasteiger partial charge in [-0.1, -0.05) is 11.6 Å². The second-order valence-electron chi connectivity index (χ2n) is 2.79. The van der Waals surface area contributed by atoms with Crippen molar-refractivity contribution in [1.29, 1.82) is 0 Å². The van der Waals surface area contributed by atoms with Gasteiger partial charge in [0, 0.05) is 11.1 Å². The summed E-state index contributed by atoms with van der Waals surface area (Å²) in [5.41, 5.74) is 0.181. The number of carbonyl (C=O) groups is 1. The molecular formula is C10H11ClO3. The fourth-order valence-electron chi connectivity index (χ4n) is 1.11. The average Bonchev–Trinajstić information content (AvgIpc) is 2.10. The number of aromatic hydroxyl groups is 1. The Morgan fingerprint density at radius 3 is 2.71 bits per heavy atom. The Bertz CT molecular complexity index is 361. The lowest BCUT2D eigenvalue weighted by molar-refractivity contribution is 0.101. The van der Waals surface area contributed by atoms with Gasteiger partial charge in [0.15, 0.2) is 17.3 Å². The Kier molecular flexibility index (Phi) is 3.36. The van der Waals surface area contributed by atoms with Crippen LogP contribution < -0.4 is 4.74 Å². The van der Waals surface area contributed by atoms with Gasteiger partial charge in [-0.05, 0) is 19.9 Å². The van der Waals surface area contributed by atoms with E-state index in [0.717, 1.165) is 0 Å². The molecule has 0 aliphatic carbocycles. The number of rotatable bonds is 3. The van der Waals surface area contributed by atoms with Crippen LogP contribution in [-0.4, -0.2) is 17.5 Å². The van der Waals surface area contributed by atoms with Gasteiger partial charge in [-0.25, -0.2) is 0 Å². The van der Waals surface area contributed by atoms with Crippen molar-refractivity contribution >= 4 is 17.4 Å². The van der Waals surface area contributed by atoms with E-state index < -0.39 is 0 Å². The number of halogens is 1. The van der Waals surface area contributed by atoms with Crippen LogP contribution in [0.15, 0.2) is 12.1 Å². The molecule has 76 valence electrons. The largest absolute Gasteiger partial charge is 0.504 e. The van der Waals surface area contributed by atoms with Crippen molar-refractivity contribution in [3.8, 4) is 11.5 Å². The van der Waals surface area contributed by atoms with Crippen molar-refractivity contribution in [2.24, 2.45) is 0 Å². The smallest absolute Gasteiger partial charge is 0.168 e. The molecule has 0 atom stereocenters. The van der Waals surface area contributed by atoms with Crippen LogP contribution in [0.1, 0.15) is 24.2 Å². The van der Waals surface area contributed by atoms with Gasteiger partial charge in [0.2, 0.25) is 0 Å². The van der Waals surface area contributed by atoms with E-state index in [1.807, 2.05) is 0 Å². The van der Waals surface area contributed by atoms with E-state index >= 15 is 0 Å². The van der Waals surface area contributed by atoms with Crippen LogP contribution in [0.4, 0.5) is 0 Å². The summed E-state index contributed by atoms with van der Waals surface area (Å²) >= 11 is 5.76. The predicted octanol–water partition coefficient (Wildman–Crippen LogP) is 2.65. The molecule has 0 saturated heterocycles. The third-order valence-electron chi connectivity index (χ3n) is 1.72. The molecule has 0 fully saturated rings. The number of phenols is 1. The van der Waals surface area contributed by atoms with Crippen LogP contribution in [0.25, 0.3) is 0 Å². The van der Waals surface area contributed by atoms with Gasteiger partial charge < -0.3 is 9.84 Å². The number of hydrogen-bond donors (Lipinski definition) is 1. The molecule has 1 rings (SSSR count). The van der Waals surface area contributed by atoms with Crippen LogP contribution in [0.3, 0.4) is 0 Å². The Balaban J connectivity index is 3.24. The van der Waals surface area contributed by atoms with Gasteiger partial charge in [-0.15, -0.1) is 0 Å². The first kappa shape index (κ1) is 10.9. The van der Waals surface area contributed by atoms with Crippen molar-refractivity contribution in [3.05, 3.63) is 22.7 Å². The van der Waals surface area contributed by atoms with Crippen molar-refractivity contribution in [1.82, 2.24) is 0 Å². The summed E-state index contributed by atoms with van der Waals surface area (Å²) in [5.74, 6) is -0.153. The molecule has 0 heterocycles. The summed E-state index contributed by atoms with van der Waals surface area (Å²) in [5, 5.41) is 9.98. The molecular weight excluding hydrogens is 204 g/mol. The van der Waals surface area contributed by atoms with Crippen molar-refractivity contribution in [2.75, 3.05) is 6.61 Å². The molecule has 1 aromatic rings. The SMILES string of the molecule is CCOc1cc(Cl)cc(C(C)=O)c1O. The zero-order chi connectivity index (χ0) is 10.7. The minimum atomic E-state index is -0.244. The molecule has 0 spiro atoms. The highest BCUT2D eigenvalue weighted by atomic mass is 35.5. The molecule has 4 heteroatoms. The van der Waals surface area contributed by atoms with Gasteiger partial charge in [0.05, 0.1) is 12.2 Å². The van der Waals surface area contributed by atoms with Gasteiger partial charge in [-0.2, -0.15) is 0 Å². The average molecular weight is 215 g/mol. The van der Waals surface area contributed by atoms with Gasteiger partial charge in [-0.3, -0.25) is 4.79 Å². The summed E-state index contributed by atoms with van der Waals surface area (Å²) in [6, 6.07) is 2.90. The number of hydrogen-bond acceptors (Lipinski definition) is 3. The molecule has 14 heavy (non-hydrogen) atoms. The molecule has 3 nitrogen and oxygen atoms in total. The minimum absolute atomic E-state index is 0.149. The molecule has 1 N–H and O–H groups in total. The number of ketones is 1. The molecule has 0 saturated carbocycles. The lowest BCUT2D eigenvalue weighted by Crippen LogP contribution is -1.97. The highest BCUT2D eigenvalue weighted by Gasteiger charge is 2.13. The van der Waals surface area contributed by atoms with Crippen molar-refractivity contribution < 1.29 is 14.6 Å². The fourth-order valence-corrected chi connectivity index (χ4v) is 1.32. The standard InChI is InChI=1S/C10H11ClO3/c1-3-14-9-5-7(11)4-8(6(2)12)10(9)13/h4-5,13H,3H2,1-2H3. The maximum Gasteiger partial charge on any atom is 0.168 e. The summed E-state index contributed by atoms with van der Waals surface area (Å²) in [4.78, 5) is 11.1. The highest BCUT2D eigenvalue weighted by molar-refractivity contribution is 6.31. The molecule has 0 radical (unpaired) electrons. The van der Waals surface area contributed by atoms with Crippen LogP contribution in [-0.2, 0) is 0 Å². The quantitative estimate of drug-likeness (QED) is 0.787. The monoisotopic (exact) mass is 214 g/mol. The van der Waals surface area contributed by atoms with Crippen LogP contribution in [0.2, 0.25) is 5.02 Å². The Morgan fingerprint density at radius 2 is 2.21 bits per heavy atom. The zero-order valence-corrected chi connectivity index (χ0v) is 8.76. The predicted molar refractivity (Wildman–Crippen MR) is 54.3 cm³/mol. The Hall–Kier alpha value is -1.22. The van der Waals surface area contributed by atoms with Gasteiger partial charge in [0.1, 0.15) is 0 Å². The summed E-state index contributed by atoms with van der Waals surface area (Å²) in [7, 11) is 0. The van der Waals surface area contributed by atoms with Crippen LogP contribution in [0, 0.1) is 0 Å². The van der Waals surface area contributed by atoms with E-state index in [0.29, 0.717) is 11.6 Å². The summed E-state index contributed by atoms with van der Waals surface area (Å²) < 4.78 is 5.12. The maximum absolute atomic E-state index is 11.1. The molecule has 0 unspecified atom stereocenters. The number of Topliss-reactive ketones (excluding diaryl/α,β-unsaturated/α-hetero) is 1. The molecule has 0 aliphatic rings. The molecule has 0 aromatic heterocycles. The van der Waals surface area contributed by atoms with Crippen LogP contribution in [0.5, 0.6) is 11.5 Å². The number of phenolic OH excluding ortho intramolecular Hbond substituents is 1. The lowest BCUT2D eigenvalue weighted by Gasteiger charge is -2.08. The van der Waals surface area contributed by atoms with E-state index in [2.05, 4.69) is 0 Å². The first-order valence-electron chi connectivity index (χ1n) is 4.22. The molecule has 0 aliphatic heterocycles. The fraction of sp³-hybridized carbons (Fsp3) is 0.300. The second kappa shape index (κ2) is 4.33. The normalized spacial score (nSPS) is 9.93. The van der Waals surface area contributed by atoms with Crippen molar-refractivity contribution in [2.45, 2.75) is 13.8 Å². The number of ether oxygens (including phenoxy) is 1. The highest BCUT2D eigenvalue weighted by Crippen LogP contribution is 2.33. The number of carbonyl (C=O) groups excluding carboxylic acids is 1. The van der Waals surface area contributed by atoms with E-state index in [1.54, 1.807) is 6.92 Å². The summed E-state index contributed by atoms with van der Waals surface area (Å²) in [6.45, 7) is 3.56. The maximum atomic E-state index is 11.1. The van der Waals surface area contributed by atoms with E-state index in [1.165, 1.54) is 19.1 Å². The van der Waals surface area contributed by atoms with E-state index in [-0.39, 0.29) is 22.8 Å². The second-order valence-corrected chi connectivity index (χ2v) is 3.23. The van der Waals surface area contributed by atoms with Crippen LogP contribution >= 0.6 is 11.6 Å². The first-order chi connectivity index (χ1) is 6.56. The zero-order valence-electron chi connectivity index (χ0n) is 8.00. The topological polar surface area (TPSA) is 46.5 Å². The first-order valence-corrected chi connectivity index (χ1v) is 4.60. The van der Waals surface area contributed by atoms with E-state index in [9.17, 15) is 9.90 Å². The molecule has 0 bridgehead atoms. The van der Waals surface area contributed by atoms with Crippen molar-refractivity contribution in [3.63, 3.8) is 0 Å². The van der Waals surface area contributed by atoms with Gasteiger partial charge >= 0.3 is 0 Å². The Labute approximate surface area is 87.3 Å². The summed E-state index contributed by atoms with van der Waals surface area (Å²) in [6.07, 6.45) is 0. The third kappa shape index (κ3) is 2.17. The number of benzene rings is 1. The molecule has 1 aromatic carbocycles. The minimum Gasteiger partial charge on any atom is -0.504 e.